The van der Waals surface area contributed by atoms with Crippen molar-refractivity contribution in [2.75, 3.05) is 12.4 Å². The minimum absolute atomic E-state index is 0.106. The van der Waals surface area contributed by atoms with E-state index in [0.29, 0.717) is 22.8 Å². The fraction of sp³-hybridized carbons (Fsp3) is 0.150. The lowest BCUT2D eigenvalue weighted by Gasteiger charge is -2.04. The Bertz CT molecular complexity index is 1210. The number of amides is 1. The molecule has 0 aliphatic heterocycles. The number of anilines is 1. The van der Waals surface area contributed by atoms with Gasteiger partial charge in [-0.3, -0.25) is 9.59 Å². The van der Waals surface area contributed by atoms with Crippen LogP contribution >= 0.6 is 0 Å². The Balaban J connectivity index is 1.47. The van der Waals surface area contributed by atoms with E-state index in [1.54, 1.807) is 43.5 Å². The van der Waals surface area contributed by atoms with E-state index in [2.05, 4.69) is 20.5 Å². The summed E-state index contributed by atoms with van der Waals surface area (Å²) in [6.07, 6.45) is 2.60. The van der Waals surface area contributed by atoms with Gasteiger partial charge in [0.15, 0.2) is 35.2 Å². The average molecular weight is 407 g/mol. The molecular weight excluding hydrogens is 390 g/mol. The Morgan fingerprint density at radius 1 is 1.23 bits per heavy atom. The molecule has 10 heteroatoms. The Morgan fingerprint density at radius 2 is 2.10 bits per heavy atom. The molecule has 0 atom stereocenters. The van der Waals surface area contributed by atoms with Crippen molar-refractivity contribution in [3.05, 3.63) is 66.2 Å². The van der Waals surface area contributed by atoms with Gasteiger partial charge in [0.2, 0.25) is 0 Å². The van der Waals surface area contributed by atoms with Crippen molar-refractivity contribution >= 4 is 17.5 Å². The van der Waals surface area contributed by atoms with Crippen LogP contribution in [0.5, 0.6) is 5.75 Å². The minimum atomic E-state index is -0.495. The second-order valence-electron chi connectivity index (χ2n) is 6.30. The summed E-state index contributed by atoms with van der Waals surface area (Å²) in [4.78, 5) is 29.3. The first kappa shape index (κ1) is 19.1. The number of ether oxygens (including phenoxy) is 1. The van der Waals surface area contributed by atoms with E-state index in [0.717, 1.165) is 0 Å². The largest absolute Gasteiger partial charge is 0.497 e. The molecule has 152 valence electrons. The van der Waals surface area contributed by atoms with E-state index in [-0.39, 0.29) is 29.6 Å². The lowest BCUT2D eigenvalue weighted by atomic mass is 10.1. The predicted molar refractivity (Wildman–Crippen MR) is 104 cm³/mol. The standard InChI is InChI=1S/C20H17N5O5/c1-12(26)16-7-6-15(30-16)10-25-22-9-17(24-25)23-20(27)18-19(29-11-21-18)13-4-3-5-14(8-13)28-2/h3-9,11H,10H2,1-2H3,(H,23,24,27). The predicted octanol–water partition coefficient (Wildman–Crippen LogP) is 3.04. The van der Waals surface area contributed by atoms with Crippen LogP contribution in [0, 0.1) is 0 Å². The van der Waals surface area contributed by atoms with Gasteiger partial charge >= 0.3 is 0 Å². The smallest absolute Gasteiger partial charge is 0.279 e. The van der Waals surface area contributed by atoms with Crippen molar-refractivity contribution in [2.45, 2.75) is 13.5 Å². The summed E-state index contributed by atoms with van der Waals surface area (Å²) in [7, 11) is 1.56. The van der Waals surface area contributed by atoms with E-state index in [1.165, 1.54) is 24.3 Å². The number of hydrogen-bond acceptors (Lipinski definition) is 8. The highest BCUT2D eigenvalue weighted by atomic mass is 16.5. The second-order valence-corrected chi connectivity index (χ2v) is 6.30. The number of rotatable bonds is 7. The SMILES string of the molecule is COc1cccc(-c2ocnc2C(=O)Nc2cnn(Cc3ccc(C(C)=O)o3)n2)c1. The highest BCUT2D eigenvalue weighted by Gasteiger charge is 2.20. The molecule has 0 spiro atoms. The number of nitrogens with one attached hydrogen (secondary N) is 1. The number of hydrogen-bond donors (Lipinski definition) is 1. The molecule has 30 heavy (non-hydrogen) atoms. The van der Waals surface area contributed by atoms with Crippen molar-refractivity contribution in [1.29, 1.82) is 0 Å². The number of carbonyl (C=O) groups is 2. The fourth-order valence-corrected chi connectivity index (χ4v) is 2.77. The normalized spacial score (nSPS) is 10.7. The molecule has 4 aromatic rings. The molecule has 0 saturated carbocycles. The molecule has 1 N–H and O–H groups in total. The quantitative estimate of drug-likeness (QED) is 0.463. The van der Waals surface area contributed by atoms with Crippen LogP contribution in [-0.4, -0.2) is 38.8 Å². The number of methoxy groups -OCH3 is 1. The third-order valence-electron chi connectivity index (χ3n) is 4.20. The van der Waals surface area contributed by atoms with E-state index in [4.69, 9.17) is 13.6 Å². The van der Waals surface area contributed by atoms with E-state index >= 15 is 0 Å². The first-order valence-electron chi connectivity index (χ1n) is 8.92. The molecule has 0 aliphatic rings. The number of benzene rings is 1. The van der Waals surface area contributed by atoms with Crippen molar-refractivity contribution in [3.8, 4) is 17.1 Å². The molecule has 0 bridgehead atoms. The first-order chi connectivity index (χ1) is 14.5. The third kappa shape index (κ3) is 3.97. The molecule has 10 nitrogen and oxygen atoms in total. The molecule has 1 aromatic carbocycles. The zero-order chi connectivity index (χ0) is 21.1. The van der Waals surface area contributed by atoms with Gasteiger partial charge in [0, 0.05) is 12.5 Å². The van der Waals surface area contributed by atoms with Crippen LogP contribution in [-0.2, 0) is 6.54 Å². The Kier molecular flexibility index (Phi) is 5.12. The van der Waals surface area contributed by atoms with Crippen LogP contribution in [0.1, 0.15) is 33.7 Å². The van der Waals surface area contributed by atoms with Gasteiger partial charge in [0.1, 0.15) is 18.1 Å². The lowest BCUT2D eigenvalue weighted by Crippen LogP contribution is -2.14. The van der Waals surface area contributed by atoms with Crippen LogP contribution < -0.4 is 10.1 Å². The van der Waals surface area contributed by atoms with Gasteiger partial charge < -0.3 is 18.9 Å². The zero-order valence-electron chi connectivity index (χ0n) is 16.2. The maximum atomic E-state index is 12.7. The van der Waals surface area contributed by atoms with Crippen LogP contribution in [0.3, 0.4) is 0 Å². The van der Waals surface area contributed by atoms with Gasteiger partial charge in [-0.1, -0.05) is 12.1 Å². The molecule has 3 heterocycles. The van der Waals surface area contributed by atoms with Gasteiger partial charge in [0.25, 0.3) is 5.91 Å². The molecule has 0 aliphatic carbocycles. The summed E-state index contributed by atoms with van der Waals surface area (Å²) < 4.78 is 16.0. The molecule has 0 fully saturated rings. The average Bonchev–Trinajstić information content (AvgIpc) is 3.49. The summed E-state index contributed by atoms with van der Waals surface area (Å²) in [5, 5.41) is 10.9. The molecule has 0 radical (unpaired) electrons. The third-order valence-corrected chi connectivity index (χ3v) is 4.20. The van der Waals surface area contributed by atoms with Crippen LogP contribution in [0.15, 0.2) is 57.8 Å². The monoisotopic (exact) mass is 407 g/mol. The summed E-state index contributed by atoms with van der Waals surface area (Å²) in [5.74, 6) is 1.30. The molecular formula is C20H17N5O5. The van der Waals surface area contributed by atoms with Gasteiger partial charge in [-0.05, 0) is 24.3 Å². The van der Waals surface area contributed by atoms with Crippen molar-refractivity contribution in [2.24, 2.45) is 0 Å². The first-order valence-corrected chi connectivity index (χ1v) is 8.92. The number of furan rings is 1. The second kappa shape index (κ2) is 8.03. The summed E-state index contributed by atoms with van der Waals surface area (Å²) in [6.45, 7) is 1.63. The maximum absolute atomic E-state index is 12.7. The van der Waals surface area contributed by atoms with E-state index < -0.39 is 5.91 Å². The Labute approximate surface area is 170 Å². The van der Waals surface area contributed by atoms with Crippen LogP contribution in [0.4, 0.5) is 5.82 Å². The lowest BCUT2D eigenvalue weighted by molar-refractivity contribution is 0.0983. The number of ketones is 1. The van der Waals surface area contributed by atoms with Crippen molar-refractivity contribution in [3.63, 3.8) is 0 Å². The van der Waals surface area contributed by atoms with E-state index in [1.807, 2.05) is 0 Å². The molecule has 0 saturated heterocycles. The molecule has 0 unspecified atom stereocenters. The molecule has 3 aromatic heterocycles. The topological polar surface area (TPSA) is 125 Å². The van der Waals surface area contributed by atoms with Gasteiger partial charge in [0.05, 0.1) is 13.3 Å². The summed E-state index contributed by atoms with van der Waals surface area (Å²) >= 11 is 0. The van der Waals surface area contributed by atoms with Crippen LogP contribution in [0.2, 0.25) is 0 Å². The van der Waals surface area contributed by atoms with Crippen LogP contribution in [0.25, 0.3) is 11.3 Å². The number of oxazole rings is 1. The van der Waals surface area contributed by atoms with Gasteiger partial charge in [-0.2, -0.15) is 9.90 Å². The maximum Gasteiger partial charge on any atom is 0.279 e. The van der Waals surface area contributed by atoms with Crippen molar-refractivity contribution in [1.82, 2.24) is 20.0 Å². The highest BCUT2D eigenvalue weighted by Crippen LogP contribution is 2.27. The molecule has 1 amide bonds. The summed E-state index contributed by atoms with van der Waals surface area (Å²) in [5.41, 5.74) is 0.759. The summed E-state index contributed by atoms with van der Waals surface area (Å²) in [6, 6.07) is 10.4. The van der Waals surface area contributed by atoms with Gasteiger partial charge in [-0.15, -0.1) is 5.10 Å². The zero-order valence-corrected chi connectivity index (χ0v) is 16.2. The fourth-order valence-electron chi connectivity index (χ4n) is 2.77. The Hall–Kier alpha value is -4.21. The number of nitrogens with zero attached hydrogens (tertiary/aromatic N) is 4. The Morgan fingerprint density at radius 3 is 2.87 bits per heavy atom. The number of aromatic nitrogens is 4. The number of carbonyl (C=O) groups excluding carboxylic acids is 2. The number of Topliss-reactive ketones (excluding diaryl/α,β-unsaturated/α-hetero) is 1. The van der Waals surface area contributed by atoms with Gasteiger partial charge in [-0.25, -0.2) is 4.98 Å². The highest BCUT2D eigenvalue weighted by molar-refractivity contribution is 6.05. The minimum Gasteiger partial charge on any atom is -0.497 e. The van der Waals surface area contributed by atoms with E-state index in [9.17, 15) is 9.59 Å². The van der Waals surface area contributed by atoms with Crippen molar-refractivity contribution < 1.29 is 23.2 Å². The molecule has 4 rings (SSSR count).